The Hall–Kier alpha value is -2.92. The topological polar surface area (TPSA) is 122 Å². The van der Waals surface area contributed by atoms with Gasteiger partial charge in [0, 0.05) is 31.7 Å². The summed E-state index contributed by atoms with van der Waals surface area (Å²) in [5, 5.41) is 3.88. The van der Waals surface area contributed by atoms with Crippen LogP contribution in [-0.2, 0) is 26.0 Å². The third-order valence-corrected chi connectivity index (χ3v) is 7.49. The van der Waals surface area contributed by atoms with Gasteiger partial charge in [0.25, 0.3) is 0 Å². The fraction of sp³-hybridized carbons (Fsp3) is 0.522. The summed E-state index contributed by atoms with van der Waals surface area (Å²) in [6.45, 7) is 8.59. The standard InChI is InChI=1S/C23H32N4O6S/c1-15(2)22(25-34(30,31)19-8-6-18(32-5)7-9-19)23(29)27-12-10-26(11-13-27)21(28)14-20-16(3)24-33-17(20)4/h6-9,15,22,25H,10-14H2,1-5H3/t22-/m0/s1. The minimum atomic E-state index is -3.91. The lowest BCUT2D eigenvalue weighted by Crippen LogP contribution is -2.57. The van der Waals surface area contributed by atoms with E-state index < -0.39 is 16.1 Å². The fourth-order valence-corrected chi connectivity index (χ4v) is 5.19. The number of nitrogens with one attached hydrogen (secondary N) is 1. The molecule has 1 atom stereocenters. The Bertz CT molecular complexity index is 1100. The van der Waals surface area contributed by atoms with Crippen LogP contribution in [0.4, 0.5) is 0 Å². The molecule has 0 aliphatic carbocycles. The molecule has 1 aromatic heterocycles. The summed E-state index contributed by atoms with van der Waals surface area (Å²) < 4.78 is 38.5. The third-order valence-electron chi connectivity index (χ3n) is 6.04. The molecule has 11 heteroatoms. The van der Waals surface area contributed by atoms with Crippen molar-refractivity contribution < 1.29 is 27.3 Å². The van der Waals surface area contributed by atoms with E-state index in [1.54, 1.807) is 49.6 Å². The van der Waals surface area contributed by atoms with Crippen LogP contribution in [0.5, 0.6) is 5.75 Å². The number of nitrogens with zero attached hydrogens (tertiary/aromatic N) is 3. The number of rotatable bonds is 8. The summed E-state index contributed by atoms with van der Waals surface area (Å²) in [5.74, 6) is 0.549. The third kappa shape index (κ3) is 5.76. The molecule has 0 radical (unpaired) electrons. The number of ether oxygens (including phenoxy) is 1. The van der Waals surface area contributed by atoms with Crippen molar-refractivity contribution in [2.45, 2.75) is 45.1 Å². The Kier molecular flexibility index (Phi) is 7.98. The monoisotopic (exact) mass is 492 g/mol. The maximum atomic E-state index is 13.2. The van der Waals surface area contributed by atoms with Crippen molar-refractivity contribution in [2.24, 2.45) is 5.92 Å². The van der Waals surface area contributed by atoms with Crippen LogP contribution in [0.25, 0.3) is 0 Å². The first kappa shape index (κ1) is 25.7. The second kappa shape index (κ2) is 10.6. The minimum Gasteiger partial charge on any atom is -0.497 e. The number of benzene rings is 1. The number of sulfonamides is 1. The van der Waals surface area contributed by atoms with Crippen molar-refractivity contribution in [3.05, 3.63) is 41.3 Å². The Morgan fingerprint density at radius 1 is 1.09 bits per heavy atom. The predicted molar refractivity (Wildman–Crippen MR) is 125 cm³/mol. The molecule has 1 aromatic carbocycles. The second-order valence-electron chi connectivity index (χ2n) is 8.70. The average molecular weight is 493 g/mol. The first-order valence-electron chi connectivity index (χ1n) is 11.2. The van der Waals surface area contributed by atoms with Gasteiger partial charge in [-0.25, -0.2) is 8.42 Å². The molecule has 0 saturated carbocycles. The highest BCUT2D eigenvalue weighted by Gasteiger charge is 2.34. The van der Waals surface area contributed by atoms with Crippen molar-refractivity contribution in [3.8, 4) is 5.75 Å². The van der Waals surface area contributed by atoms with Crippen molar-refractivity contribution >= 4 is 21.8 Å². The lowest BCUT2D eigenvalue weighted by molar-refractivity contribution is -0.140. The predicted octanol–water partition coefficient (Wildman–Crippen LogP) is 1.52. The van der Waals surface area contributed by atoms with Gasteiger partial charge >= 0.3 is 0 Å². The van der Waals surface area contributed by atoms with Gasteiger partial charge in [-0.15, -0.1) is 0 Å². The Morgan fingerprint density at radius 2 is 1.68 bits per heavy atom. The van der Waals surface area contributed by atoms with Crippen LogP contribution < -0.4 is 9.46 Å². The molecule has 0 bridgehead atoms. The number of aromatic nitrogens is 1. The number of hydrogen-bond donors (Lipinski definition) is 1. The van der Waals surface area contributed by atoms with Gasteiger partial charge in [0.15, 0.2) is 0 Å². The maximum Gasteiger partial charge on any atom is 0.241 e. The Balaban J connectivity index is 1.62. The number of hydrogen-bond acceptors (Lipinski definition) is 7. The largest absolute Gasteiger partial charge is 0.497 e. The van der Waals surface area contributed by atoms with Crippen molar-refractivity contribution in [1.82, 2.24) is 19.7 Å². The van der Waals surface area contributed by atoms with Crippen molar-refractivity contribution in [3.63, 3.8) is 0 Å². The smallest absolute Gasteiger partial charge is 0.241 e. The van der Waals surface area contributed by atoms with Gasteiger partial charge in [0.2, 0.25) is 21.8 Å². The highest BCUT2D eigenvalue weighted by molar-refractivity contribution is 7.89. The molecular formula is C23H32N4O6S. The summed E-state index contributed by atoms with van der Waals surface area (Å²) in [4.78, 5) is 29.3. The number of methoxy groups -OCH3 is 1. The van der Waals surface area contributed by atoms with Gasteiger partial charge in [-0.05, 0) is 44.0 Å². The fourth-order valence-electron chi connectivity index (χ4n) is 3.85. The van der Waals surface area contributed by atoms with E-state index in [1.807, 2.05) is 0 Å². The molecule has 1 saturated heterocycles. The Morgan fingerprint density at radius 3 is 2.18 bits per heavy atom. The molecule has 2 heterocycles. The van der Waals surface area contributed by atoms with Crippen molar-refractivity contribution in [2.75, 3.05) is 33.3 Å². The van der Waals surface area contributed by atoms with Gasteiger partial charge in [-0.3, -0.25) is 9.59 Å². The van der Waals surface area contributed by atoms with Gasteiger partial charge in [-0.2, -0.15) is 4.72 Å². The SMILES string of the molecule is COc1ccc(S(=O)(=O)N[C@H](C(=O)N2CCN(C(=O)Cc3c(C)noc3C)CC2)C(C)C)cc1. The summed E-state index contributed by atoms with van der Waals surface area (Å²) in [6.07, 6.45) is 0.200. The zero-order valence-electron chi connectivity index (χ0n) is 20.2. The van der Waals surface area contributed by atoms with Crippen LogP contribution in [0, 0.1) is 19.8 Å². The van der Waals surface area contributed by atoms with Crippen LogP contribution in [0.3, 0.4) is 0 Å². The van der Waals surface area contributed by atoms with Crippen LogP contribution in [0.1, 0.15) is 30.9 Å². The highest BCUT2D eigenvalue weighted by atomic mass is 32.2. The highest BCUT2D eigenvalue weighted by Crippen LogP contribution is 2.19. The van der Waals surface area contributed by atoms with Gasteiger partial charge < -0.3 is 19.1 Å². The normalized spacial score (nSPS) is 15.5. The number of aryl methyl sites for hydroxylation is 2. The molecule has 1 N–H and O–H groups in total. The summed E-state index contributed by atoms with van der Waals surface area (Å²) in [5.41, 5.74) is 1.49. The first-order valence-corrected chi connectivity index (χ1v) is 12.7. The minimum absolute atomic E-state index is 0.0536. The van der Waals surface area contributed by atoms with E-state index in [2.05, 4.69) is 9.88 Å². The molecule has 0 unspecified atom stereocenters. The molecular weight excluding hydrogens is 460 g/mol. The summed E-state index contributed by atoms with van der Waals surface area (Å²) in [6, 6.07) is 5.06. The van der Waals surface area contributed by atoms with Crippen LogP contribution in [0.2, 0.25) is 0 Å². The summed E-state index contributed by atoms with van der Waals surface area (Å²) >= 11 is 0. The number of carbonyl (C=O) groups is 2. The maximum absolute atomic E-state index is 13.2. The molecule has 186 valence electrons. The molecule has 1 fully saturated rings. The van der Waals surface area contributed by atoms with E-state index in [9.17, 15) is 18.0 Å². The first-order chi connectivity index (χ1) is 16.0. The number of carbonyl (C=O) groups excluding carboxylic acids is 2. The van der Waals surface area contributed by atoms with E-state index in [-0.39, 0.29) is 29.0 Å². The van der Waals surface area contributed by atoms with Gasteiger partial charge in [-0.1, -0.05) is 19.0 Å². The van der Waals surface area contributed by atoms with E-state index in [0.717, 1.165) is 5.56 Å². The van der Waals surface area contributed by atoms with E-state index in [1.165, 1.54) is 19.2 Å². The van der Waals surface area contributed by atoms with E-state index >= 15 is 0 Å². The second-order valence-corrected chi connectivity index (χ2v) is 10.4. The van der Waals surface area contributed by atoms with Crippen LogP contribution in [0.15, 0.2) is 33.7 Å². The molecule has 0 spiro atoms. The van der Waals surface area contributed by atoms with Gasteiger partial charge in [0.05, 0.1) is 24.1 Å². The lowest BCUT2D eigenvalue weighted by atomic mass is 10.0. The van der Waals surface area contributed by atoms with Crippen LogP contribution >= 0.6 is 0 Å². The molecule has 34 heavy (non-hydrogen) atoms. The van der Waals surface area contributed by atoms with Crippen LogP contribution in [-0.4, -0.2) is 74.5 Å². The lowest BCUT2D eigenvalue weighted by Gasteiger charge is -2.37. The van der Waals surface area contributed by atoms with E-state index in [4.69, 9.17) is 9.26 Å². The molecule has 10 nitrogen and oxygen atoms in total. The summed E-state index contributed by atoms with van der Waals surface area (Å²) in [7, 11) is -2.41. The zero-order chi connectivity index (χ0) is 25.0. The van der Waals surface area contributed by atoms with Crippen molar-refractivity contribution in [1.29, 1.82) is 0 Å². The molecule has 2 amide bonds. The van der Waals surface area contributed by atoms with Gasteiger partial charge in [0.1, 0.15) is 17.6 Å². The number of piperazine rings is 1. The average Bonchev–Trinajstić information content (AvgIpc) is 3.14. The molecule has 3 rings (SSSR count). The zero-order valence-corrected chi connectivity index (χ0v) is 21.0. The Labute approximate surface area is 200 Å². The number of amides is 2. The molecule has 2 aromatic rings. The molecule has 1 aliphatic heterocycles. The molecule has 1 aliphatic rings. The van der Waals surface area contributed by atoms with E-state index in [0.29, 0.717) is 43.4 Å². The quantitative estimate of drug-likeness (QED) is 0.593.